The molecule has 3 aromatic rings. The van der Waals surface area contributed by atoms with Gasteiger partial charge >= 0.3 is 5.97 Å². The molecule has 1 aliphatic rings. The van der Waals surface area contributed by atoms with Crippen molar-refractivity contribution in [3.63, 3.8) is 0 Å². The summed E-state index contributed by atoms with van der Waals surface area (Å²) < 4.78 is 10.8. The first-order valence-electron chi connectivity index (χ1n) is 10.7. The Kier molecular flexibility index (Phi) is 6.98. The number of hydrazone groups is 1. The smallest absolute Gasteiger partial charge is 0.355 e. The highest BCUT2D eigenvalue weighted by molar-refractivity contribution is 6.38. The van der Waals surface area contributed by atoms with Crippen molar-refractivity contribution in [2.75, 3.05) is 17.4 Å². The molecule has 8 heteroatoms. The number of methoxy groups -OCH3 is 1. The van der Waals surface area contributed by atoms with Crippen LogP contribution in [0.3, 0.4) is 0 Å². The fourth-order valence-corrected chi connectivity index (χ4v) is 3.46. The fraction of sp³-hybridized carbons (Fsp3) is 0.154. The van der Waals surface area contributed by atoms with Gasteiger partial charge in [-0.1, -0.05) is 54.6 Å². The van der Waals surface area contributed by atoms with Crippen LogP contribution in [0.1, 0.15) is 24.5 Å². The summed E-state index contributed by atoms with van der Waals surface area (Å²) in [4.78, 5) is 38.5. The second-order valence-corrected chi connectivity index (χ2v) is 7.51. The molecule has 0 aromatic heterocycles. The average molecular weight is 457 g/mol. The minimum absolute atomic E-state index is 0.0681. The highest BCUT2D eigenvalue weighted by atomic mass is 16.5. The topological polar surface area (TPSA) is 97.3 Å². The molecule has 34 heavy (non-hydrogen) atoms. The molecular formula is C26H23N3O5. The molecule has 0 spiro atoms. The number of rotatable bonds is 7. The lowest BCUT2D eigenvalue weighted by Gasteiger charge is -2.24. The van der Waals surface area contributed by atoms with E-state index in [1.54, 1.807) is 78.9 Å². The molecule has 0 fully saturated rings. The van der Waals surface area contributed by atoms with E-state index in [1.165, 1.54) is 12.1 Å². The number of esters is 1. The second-order valence-electron chi connectivity index (χ2n) is 7.51. The van der Waals surface area contributed by atoms with Crippen LogP contribution in [0.25, 0.3) is 0 Å². The largest absolute Gasteiger partial charge is 0.497 e. The van der Waals surface area contributed by atoms with E-state index in [9.17, 15) is 14.4 Å². The van der Waals surface area contributed by atoms with Crippen molar-refractivity contribution in [2.24, 2.45) is 5.10 Å². The molecule has 1 aliphatic heterocycles. The molecule has 3 aromatic carbocycles. The van der Waals surface area contributed by atoms with Gasteiger partial charge in [-0.05, 0) is 24.3 Å². The molecule has 0 saturated carbocycles. The fourth-order valence-electron chi connectivity index (χ4n) is 3.46. The standard InChI is InChI=1S/C26H23N3O5/c1-33-21-14-8-11-19(17-21)27-25(31)24(18-9-4-2-5-10-18)34-26(32)22-15-16-23(30)29(28-22)20-12-6-3-7-13-20/h2-14,17,24H,15-16H2,1H3,(H,27,31)/t24-/m1/s1. The van der Waals surface area contributed by atoms with Crippen molar-refractivity contribution < 1.29 is 23.9 Å². The van der Waals surface area contributed by atoms with Crippen LogP contribution in [0.5, 0.6) is 5.75 Å². The monoisotopic (exact) mass is 457 g/mol. The van der Waals surface area contributed by atoms with E-state index < -0.39 is 18.0 Å². The number of nitrogens with zero attached hydrogens (tertiary/aromatic N) is 2. The van der Waals surface area contributed by atoms with Gasteiger partial charge in [0.2, 0.25) is 12.0 Å². The number of hydrogen-bond acceptors (Lipinski definition) is 6. The minimum atomic E-state index is -1.22. The molecule has 2 amide bonds. The number of anilines is 2. The zero-order valence-electron chi connectivity index (χ0n) is 18.5. The Morgan fingerprint density at radius 1 is 0.941 bits per heavy atom. The van der Waals surface area contributed by atoms with Gasteiger partial charge < -0.3 is 14.8 Å². The lowest BCUT2D eigenvalue weighted by molar-refractivity contribution is -0.148. The summed E-state index contributed by atoms with van der Waals surface area (Å²) in [6, 6.07) is 24.4. The Morgan fingerprint density at radius 3 is 2.35 bits per heavy atom. The Bertz CT molecular complexity index is 1210. The number of para-hydroxylation sites is 1. The average Bonchev–Trinajstić information content (AvgIpc) is 2.88. The first-order chi connectivity index (χ1) is 16.5. The number of carbonyl (C=O) groups excluding carboxylic acids is 3. The van der Waals surface area contributed by atoms with Gasteiger partial charge in [0, 0.05) is 30.2 Å². The maximum absolute atomic E-state index is 13.1. The molecule has 1 atom stereocenters. The van der Waals surface area contributed by atoms with Gasteiger partial charge in [-0.2, -0.15) is 5.10 Å². The van der Waals surface area contributed by atoms with E-state index in [0.29, 0.717) is 22.7 Å². The van der Waals surface area contributed by atoms with Crippen molar-refractivity contribution in [1.29, 1.82) is 0 Å². The van der Waals surface area contributed by atoms with E-state index in [2.05, 4.69) is 10.4 Å². The molecule has 1 heterocycles. The van der Waals surface area contributed by atoms with E-state index in [1.807, 2.05) is 6.07 Å². The Labute approximate surface area is 196 Å². The zero-order chi connectivity index (χ0) is 23.9. The summed E-state index contributed by atoms with van der Waals surface area (Å²) >= 11 is 0. The van der Waals surface area contributed by atoms with Crippen molar-refractivity contribution in [3.8, 4) is 5.75 Å². The van der Waals surface area contributed by atoms with Crippen molar-refractivity contribution in [2.45, 2.75) is 18.9 Å². The first kappa shape index (κ1) is 22.7. The van der Waals surface area contributed by atoms with Gasteiger partial charge in [0.25, 0.3) is 5.91 Å². The third kappa shape index (κ3) is 5.29. The van der Waals surface area contributed by atoms with Crippen LogP contribution in [0, 0.1) is 0 Å². The van der Waals surface area contributed by atoms with Gasteiger partial charge in [-0.25, -0.2) is 9.80 Å². The highest BCUT2D eigenvalue weighted by Crippen LogP contribution is 2.25. The van der Waals surface area contributed by atoms with E-state index >= 15 is 0 Å². The zero-order valence-corrected chi connectivity index (χ0v) is 18.5. The molecule has 172 valence electrons. The number of ether oxygens (including phenoxy) is 2. The van der Waals surface area contributed by atoms with E-state index in [4.69, 9.17) is 9.47 Å². The molecule has 0 unspecified atom stereocenters. The molecule has 0 saturated heterocycles. The van der Waals surface area contributed by atoms with Crippen LogP contribution >= 0.6 is 0 Å². The molecule has 1 N–H and O–H groups in total. The highest BCUT2D eigenvalue weighted by Gasteiger charge is 2.31. The number of carbonyl (C=O) groups is 3. The van der Waals surface area contributed by atoms with E-state index in [-0.39, 0.29) is 24.5 Å². The van der Waals surface area contributed by atoms with Gasteiger partial charge in [0.15, 0.2) is 0 Å². The van der Waals surface area contributed by atoms with Gasteiger partial charge in [0.05, 0.1) is 12.8 Å². The lowest BCUT2D eigenvalue weighted by atomic mass is 10.1. The quantitative estimate of drug-likeness (QED) is 0.539. The predicted octanol–water partition coefficient (Wildman–Crippen LogP) is 4.10. The minimum Gasteiger partial charge on any atom is -0.497 e. The molecule has 0 aliphatic carbocycles. The number of nitrogens with one attached hydrogen (secondary N) is 1. The van der Waals surface area contributed by atoms with Gasteiger partial charge in [-0.3, -0.25) is 9.59 Å². The molecular weight excluding hydrogens is 434 g/mol. The van der Waals surface area contributed by atoms with Crippen LogP contribution < -0.4 is 15.1 Å². The SMILES string of the molecule is COc1cccc(NC(=O)[C@H](OC(=O)C2=NN(c3ccccc3)C(=O)CC2)c2ccccc2)c1. The molecule has 0 bridgehead atoms. The van der Waals surface area contributed by atoms with Crippen LogP contribution in [-0.4, -0.2) is 30.6 Å². The predicted molar refractivity (Wildman–Crippen MR) is 127 cm³/mol. The first-order valence-corrected chi connectivity index (χ1v) is 10.7. The lowest BCUT2D eigenvalue weighted by Crippen LogP contribution is -2.36. The Morgan fingerprint density at radius 2 is 1.65 bits per heavy atom. The number of hydrogen-bond donors (Lipinski definition) is 1. The summed E-state index contributed by atoms with van der Waals surface area (Å²) in [6.45, 7) is 0. The summed E-state index contributed by atoms with van der Waals surface area (Å²) in [7, 11) is 1.53. The Balaban J connectivity index is 1.57. The summed E-state index contributed by atoms with van der Waals surface area (Å²) in [5.41, 5.74) is 1.62. The maximum Gasteiger partial charge on any atom is 0.355 e. The van der Waals surface area contributed by atoms with Crippen LogP contribution in [-0.2, 0) is 19.1 Å². The summed E-state index contributed by atoms with van der Waals surface area (Å²) in [5.74, 6) is -0.935. The van der Waals surface area contributed by atoms with Crippen molar-refractivity contribution >= 4 is 34.9 Å². The van der Waals surface area contributed by atoms with Crippen LogP contribution in [0.4, 0.5) is 11.4 Å². The van der Waals surface area contributed by atoms with Crippen molar-refractivity contribution in [3.05, 3.63) is 90.5 Å². The molecule has 4 rings (SSSR count). The normalized spacial score (nSPS) is 14.1. The second kappa shape index (κ2) is 10.4. The van der Waals surface area contributed by atoms with Gasteiger partial charge in [-0.15, -0.1) is 0 Å². The van der Waals surface area contributed by atoms with Crippen molar-refractivity contribution in [1.82, 2.24) is 0 Å². The number of amides is 2. The molecule has 8 nitrogen and oxygen atoms in total. The van der Waals surface area contributed by atoms with Crippen LogP contribution in [0.15, 0.2) is 90.0 Å². The van der Waals surface area contributed by atoms with Crippen LogP contribution in [0.2, 0.25) is 0 Å². The number of benzene rings is 3. The third-order valence-corrected chi connectivity index (χ3v) is 5.17. The summed E-state index contributed by atoms with van der Waals surface area (Å²) in [6.07, 6.45) is -0.986. The Hall–Kier alpha value is -4.46. The van der Waals surface area contributed by atoms with E-state index in [0.717, 1.165) is 0 Å². The summed E-state index contributed by atoms with van der Waals surface area (Å²) in [5, 5.41) is 8.18. The molecule has 0 radical (unpaired) electrons. The van der Waals surface area contributed by atoms with Gasteiger partial charge in [0.1, 0.15) is 11.5 Å². The third-order valence-electron chi connectivity index (χ3n) is 5.17. The maximum atomic E-state index is 13.1.